The van der Waals surface area contributed by atoms with Crippen LogP contribution in [0.1, 0.15) is 18.1 Å². The minimum Gasteiger partial charge on any atom is -0.319 e. The predicted octanol–water partition coefficient (Wildman–Crippen LogP) is 3.11. The van der Waals surface area contributed by atoms with Crippen LogP contribution >= 0.6 is 23.4 Å². The molecular formula is C14H23ClN2S. The third-order valence-electron chi connectivity index (χ3n) is 2.89. The zero-order valence-electron chi connectivity index (χ0n) is 11.5. The number of rotatable bonds is 8. The molecular weight excluding hydrogens is 264 g/mol. The van der Waals surface area contributed by atoms with Crippen molar-refractivity contribution in [3.63, 3.8) is 0 Å². The van der Waals surface area contributed by atoms with Crippen LogP contribution in [0.2, 0.25) is 5.02 Å². The maximum Gasteiger partial charge on any atom is 0.0544 e. The second kappa shape index (κ2) is 8.81. The van der Waals surface area contributed by atoms with E-state index >= 15 is 0 Å². The third kappa shape index (κ3) is 4.81. The molecule has 0 saturated carbocycles. The highest BCUT2D eigenvalue weighted by molar-refractivity contribution is 7.99. The molecule has 1 aromatic rings. The minimum atomic E-state index is 0.876. The second-order valence-corrected chi connectivity index (χ2v) is 5.73. The van der Waals surface area contributed by atoms with Crippen molar-refractivity contribution in [3.05, 3.63) is 28.3 Å². The van der Waals surface area contributed by atoms with Gasteiger partial charge in [-0.3, -0.25) is 0 Å². The number of nitrogens with one attached hydrogen (secondary N) is 2. The average Bonchev–Trinajstić information content (AvgIpc) is 2.36. The van der Waals surface area contributed by atoms with Crippen LogP contribution in [0, 0.1) is 6.92 Å². The predicted molar refractivity (Wildman–Crippen MR) is 83.1 cm³/mol. The Morgan fingerprint density at radius 1 is 1.28 bits per heavy atom. The lowest BCUT2D eigenvalue weighted by Gasteiger charge is -2.13. The van der Waals surface area contributed by atoms with Gasteiger partial charge in [-0.15, -0.1) is 11.8 Å². The van der Waals surface area contributed by atoms with Crippen molar-refractivity contribution in [2.75, 3.05) is 32.4 Å². The van der Waals surface area contributed by atoms with Crippen molar-refractivity contribution in [2.45, 2.75) is 25.2 Å². The Balaban J connectivity index is 2.72. The summed E-state index contributed by atoms with van der Waals surface area (Å²) in [5.41, 5.74) is 2.73. The molecule has 102 valence electrons. The first-order valence-corrected chi connectivity index (χ1v) is 7.83. The van der Waals surface area contributed by atoms with Gasteiger partial charge in [-0.1, -0.05) is 24.6 Å². The highest BCUT2D eigenvalue weighted by Gasteiger charge is 2.09. The van der Waals surface area contributed by atoms with Gasteiger partial charge in [0.2, 0.25) is 0 Å². The molecule has 1 rings (SSSR count). The molecule has 0 fully saturated rings. The Labute approximate surface area is 120 Å². The number of hydrogen-bond acceptors (Lipinski definition) is 3. The maximum atomic E-state index is 6.28. The zero-order chi connectivity index (χ0) is 13.4. The third-order valence-corrected chi connectivity index (χ3v) is 4.54. The van der Waals surface area contributed by atoms with Gasteiger partial charge in [0, 0.05) is 17.2 Å². The monoisotopic (exact) mass is 286 g/mol. The Bertz CT molecular complexity index is 369. The molecule has 0 bridgehead atoms. The molecule has 2 N–H and O–H groups in total. The summed E-state index contributed by atoms with van der Waals surface area (Å²) in [5, 5.41) is 7.40. The average molecular weight is 287 g/mol. The topological polar surface area (TPSA) is 24.1 Å². The molecule has 0 amide bonds. The van der Waals surface area contributed by atoms with Crippen LogP contribution in [0.15, 0.2) is 17.0 Å². The van der Waals surface area contributed by atoms with E-state index in [9.17, 15) is 0 Å². The number of likely N-dealkylation sites (N-methyl/N-ethyl adjacent to an activating group) is 1. The summed E-state index contributed by atoms with van der Waals surface area (Å²) in [7, 11) is 1.97. The molecule has 0 spiro atoms. The highest BCUT2D eigenvalue weighted by atomic mass is 35.5. The lowest BCUT2D eigenvalue weighted by Crippen LogP contribution is -2.16. The summed E-state index contributed by atoms with van der Waals surface area (Å²) in [6.07, 6.45) is 1.07. The van der Waals surface area contributed by atoms with Crippen molar-refractivity contribution in [1.29, 1.82) is 0 Å². The molecule has 0 atom stereocenters. The first-order valence-electron chi connectivity index (χ1n) is 6.46. The standard InChI is InChI=1S/C14H23ClN2S/c1-4-17-8-7-12-5-6-13(15)14(11(12)2)18-10-9-16-3/h5-6,16-17H,4,7-10H2,1-3H3. The fraction of sp³-hybridized carbons (Fsp3) is 0.571. The molecule has 0 saturated heterocycles. The fourth-order valence-corrected chi connectivity index (χ4v) is 3.23. The molecule has 0 aromatic heterocycles. The van der Waals surface area contributed by atoms with Gasteiger partial charge in [-0.25, -0.2) is 0 Å². The maximum absolute atomic E-state index is 6.28. The van der Waals surface area contributed by atoms with E-state index in [4.69, 9.17) is 11.6 Å². The SMILES string of the molecule is CCNCCc1ccc(Cl)c(SCCNC)c1C. The number of hydrogen-bond donors (Lipinski definition) is 2. The van der Waals surface area contributed by atoms with Crippen LogP contribution in [-0.4, -0.2) is 32.4 Å². The molecule has 0 aliphatic rings. The number of halogens is 1. The summed E-state index contributed by atoms with van der Waals surface area (Å²) in [6, 6.07) is 4.18. The second-order valence-electron chi connectivity index (χ2n) is 4.22. The molecule has 0 heterocycles. The molecule has 18 heavy (non-hydrogen) atoms. The van der Waals surface area contributed by atoms with Crippen molar-refractivity contribution in [2.24, 2.45) is 0 Å². The minimum absolute atomic E-state index is 0.876. The molecule has 0 aliphatic heterocycles. The highest BCUT2D eigenvalue weighted by Crippen LogP contribution is 2.32. The van der Waals surface area contributed by atoms with Crippen LogP contribution in [0.3, 0.4) is 0 Å². The van der Waals surface area contributed by atoms with Gasteiger partial charge in [0.25, 0.3) is 0 Å². The van der Waals surface area contributed by atoms with Crippen molar-refractivity contribution < 1.29 is 0 Å². The summed E-state index contributed by atoms with van der Waals surface area (Å²) in [6.45, 7) is 7.36. The lowest BCUT2D eigenvalue weighted by molar-refractivity contribution is 0.714. The van der Waals surface area contributed by atoms with Gasteiger partial charge >= 0.3 is 0 Å². The van der Waals surface area contributed by atoms with E-state index in [0.29, 0.717) is 0 Å². The van der Waals surface area contributed by atoms with Crippen molar-refractivity contribution in [1.82, 2.24) is 10.6 Å². The lowest BCUT2D eigenvalue weighted by atomic mass is 10.1. The summed E-state index contributed by atoms with van der Waals surface area (Å²) >= 11 is 8.12. The summed E-state index contributed by atoms with van der Waals surface area (Å²) < 4.78 is 0. The van der Waals surface area contributed by atoms with E-state index in [-0.39, 0.29) is 0 Å². The molecule has 4 heteroatoms. The van der Waals surface area contributed by atoms with Crippen LogP contribution in [0.5, 0.6) is 0 Å². The van der Waals surface area contributed by atoms with Gasteiger partial charge in [0.15, 0.2) is 0 Å². The van der Waals surface area contributed by atoms with Crippen molar-refractivity contribution in [3.8, 4) is 0 Å². The summed E-state index contributed by atoms with van der Waals surface area (Å²) in [4.78, 5) is 1.24. The van der Waals surface area contributed by atoms with Crippen LogP contribution in [-0.2, 0) is 6.42 Å². The quantitative estimate of drug-likeness (QED) is 0.567. The smallest absolute Gasteiger partial charge is 0.0544 e. The Morgan fingerprint density at radius 3 is 2.72 bits per heavy atom. The van der Waals surface area contributed by atoms with E-state index in [1.165, 1.54) is 16.0 Å². The van der Waals surface area contributed by atoms with Crippen LogP contribution < -0.4 is 10.6 Å². The fourth-order valence-electron chi connectivity index (χ4n) is 1.80. The van der Waals surface area contributed by atoms with Crippen LogP contribution in [0.25, 0.3) is 0 Å². The normalized spacial score (nSPS) is 10.9. The molecule has 0 aliphatic carbocycles. The first kappa shape index (κ1) is 15.8. The first-order chi connectivity index (χ1) is 8.70. The Kier molecular flexibility index (Phi) is 7.75. The molecule has 1 aromatic carbocycles. The Morgan fingerprint density at radius 2 is 2.06 bits per heavy atom. The molecule has 2 nitrogen and oxygen atoms in total. The van der Waals surface area contributed by atoms with Gasteiger partial charge < -0.3 is 10.6 Å². The van der Waals surface area contributed by atoms with E-state index < -0.39 is 0 Å². The zero-order valence-corrected chi connectivity index (χ0v) is 13.0. The number of benzene rings is 1. The van der Waals surface area contributed by atoms with Gasteiger partial charge in [0.1, 0.15) is 0 Å². The van der Waals surface area contributed by atoms with Gasteiger partial charge in [0.05, 0.1) is 5.02 Å². The summed E-state index contributed by atoms with van der Waals surface area (Å²) in [5.74, 6) is 1.05. The van der Waals surface area contributed by atoms with E-state index in [1.54, 1.807) is 0 Å². The number of thioether (sulfide) groups is 1. The largest absolute Gasteiger partial charge is 0.319 e. The Hall–Kier alpha value is -0.220. The van der Waals surface area contributed by atoms with Gasteiger partial charge in [-0.2, -0.15) is 0 Å². The molecule has 0 radical (unpaired) electrons. The van der Waals surface area contributed by atoms with Crippen LogP contribution in [0.4, 0.5) is 0 Å². The van der Waals surface area contributed by atoms with Crippen molar-refractivity contribution >= 4 is 23.4 Å². The van der Waals surface area contributed by atoms with E-state index in [2.05, 4.69) is 30.5 Å². The molecule has 0 unspecified atom stereocenters. The van der Waals surface area contributed by atoms with E-state index in [1.807, 2.05) is 24.9 Å². The van der Waals surface area contributed by atoms with Gasteiger partial charge in [-0.05, 0) is 50.7 Å². The van der Waals surface area contributed by atoms with E-state index in [0.717, 1.165) is 36.8 Å².